The van der Waals surface area contributed by atoms with Gasteiger partial charge in [-0.3, -0.25) is 5.73 Å². The fraction of sp³-hybridized carbons (Fsp3) is 0.500. The average molecular weight is 126 g/mol. The van der Waals surface area contributed by atoms with Crippen molar-refractivity contribution in [3.05, 3.63) is 6.54 Å². The molecule has 3 N–H and O–H groups in total. The minimum Gasteiger partial charge on any atom is -0.312 e. The zero-order valence-corrected chi connectivity index (χ0v) is 5.07. The third kappa shape index (κ3) is 1.30. The van der Waals surface area contributed by atoms with Gasteiger partial charge in [-0.15, -0.1) is 10.2 Å². The van der Waals surface area contributed by atoms with Crippen molar-refractivity contribution < 1.29 is 0 Å². The molecule has 0 saturated carbocycles. The van der Waals surface area contributed by atoms with Gasteiger partial charge in [0.25, 0.3) is 0 Å². The molecule has 1 radical (unpaired) electrons. The zero-order chi connectivity index (χ0) is 6.74. The lowest BCUT2D eigenvalue weighted by atomic mass is 10.2. The number of nitrogens with one attached hydrogen (secondary N) is 1. The van der Waals surface area contributed by atoms with Crippen molar-refractivity contribution in [1.29, 1.82) is 0 Å². The molecular weight excluding hydrogens is 118 g/mol. The topological polar surface area (TPSA) is 75.1 Å². The lowest BCUT2D eigenvalue weighted by Gasteiger charge is -2.11. The summed E-state index contributed by atoms with van der Waals surface area (Å²) in [6.07, 6.45) is 1.46. The first-order chi connectivity index (χ1) is 4.27. The van der Waals surface area contributed by atoms with E-state index in [0.29, 0.717) is 0 Å². The highest BCUT2D eigenvalue weighted by atomic mass is 15.4. The van der Waals surface area contributed by atoms with Crippen LogP contribution in [0, 0.1) is 6.54 Å². The highest BCUT2D eigenvalue weighted by molar-refractivity contribution is 5.72. The van der Waals surface area contributed by atoms with Crippen molar-refractivity contribution in [2.24, 2.45) is 21.2 Å². The van der Waals surface area contributed by atoms with E-state index in [-0.39, 0.29) is 0 Å². The number of nitrogens with two attached hydrogens (primary N) is 1. The largest absolute Gasteiger partial charge is 0.312 e. The van der Waals surface area contributed by atoms with Crippen LogP contribution in [0.25, 0.3) is 0 Å². The summed E-state index contributed by atoms with van der Waals surface area (Å²) in [4.78, 5) is 0. The zero-order valence-electron chi connectivity index (χ0n) is 5.07. The normalized spacial score (nSPS) is 31.8. The molecule has 5 nitrogen and oxygen atoms in total. The maximum Gasteiger partial charge on any atom is 0.186 e. The van der Waals surface area contributed by atoms with Gasteiger partial charge in [-0.1, -0.05) is 0 Å². The third-order valence-electron chi connectivity index (χ3n) is 0.910. The van der Waals surface area contributed by atoms with Crippen LogP contribution < -0.4 is 11.1 Å². The fourth-order valence-electron chi connectivity index (χ4n) is 0.545. The van der Waals surface area contributed by atoms with Gasteiger partial charge in [-0.05, 0) is 12.3 Å². The lowest BCUT2D eigenvalue weighted by molar-refractivity contribution is 0.630. The molecule has 9 heavy (non-hydrogen) atoms. The minimum atomic E-state index is -0.825. The van der Waals surface area contributed by atoms with Gasteiger partial charge in [0.05, 0.1) is 12.8 Å². The summed E-state index contributed by atoms with van der Waals surface area (Å²) in [5.41, 5.74) is 4.72. The molecule has 0 spiro atoms. The number of hydrogen-bond acceptors (Lipinski definition) is 5. The Hall–Kier alpha value is -0.810. The first kappa shape index (κ1) is 6.31. The van der Waals surface area contributed by atoms with E-state index in [1.807, 2.05) is 0 Å². The Kier molecular flexibility index (Phi) is 1.54. The Morgan fingerprint density at radius 3 is 3.00 bits per heavy atom. The molecule has 0 amide bonds. The quantitative estimate of drug-likeness (QED) is 0.522. The maximum atomic E-state index is 5.54. The summed E-state index contributed by atoms with van der Waals surface area (Å²) >= 11 is 0. The van der Waals surface area contributed by atoms with Gasteiger partial charge in [0.2, 0.25) is 0 Å². The molecule has 1 unspecified atom stereocenters. The maximum absolute atomic E-state index is 5.54. The van der Waals surface area contributed by atoms with Gasteiger partial charge >= 0.3 is 0 Å². The molecule has 0 saturated heterocycles. The van der Waals surface area contributed by atoms with Crippen molar-refractivity contribution in [3.63, 3.8) is 0 Å². The average Bonchev–Trinajstić information content (AvgIpc) is 2.16. The number of nitrogens with zero attached hydrogens (tertiary/aromatic N) is 3. The molecule has 5 heteroatoms. The van der Waals surface area contributed by atoms with E-state index >= 15 is 0 Å². The van der Waals surface area contributed by atoms with Gasteiger partial charge in [0.15, 0.2) is 5.66 Å². The standard InChI is InChI=1S/C4H8N5/c1-6-2-4(5)3-7-9-8-4/h2-3,6H,5H2,1H3. The lowest BCUT2D eigenvalue weighted by Crippen LogP contribution is -2.41. The van der Waals surface area contributed by atoms with E-state index in [2.05, 4.69) is 20.8 Å². The van der Waals surface area contributed by atoms with Gasteiger partial charge < -0.3 is 5.32 Å². The second kappa shape index (κ2) is 2.20. The van der Waals surface area contributed by atoms with Crippen LogP contribution in [0.2, 0.25) is 0 Å². The summed E-state index contributed by atoms with van der Waals surface area (Å²) in [6.45, 7) is 1.60. The number of hydrogen-bond donors (Lipinski definition) is 2. The van der Waals surface area contributed by atoms with Crippen LogP contribution in [0.3, 0.4) is 0 Å². The highest BCUT2D eigenvalue weighted by Crippen LogP contribution is 2.07. The van der Waals surface area contributed by atoms with Gasteiger partial charge in [0.1, 0.15) is 0 Å². The molecular formula is C4H8N5. The van der Waals surface area contributed by atoms with Crippen molar-refractivity contribution >= 4 is 6.21 Å². The smallest absolute Gasteiger partial charge is 0.186 e. The monoisotopic (exact) mass is 126 g/mol. The molecule has 0 fully saturated rings. The van der Waals surface area contributed by atoms with Crippen LogP contribution in [-0.2, 0) is 0 Å². The Morgan fingerprint density at radius 1 is 1.78 bits per heavy atom. The first-order valence-corrected chi connectivity index (χ1v) is 2.54. The Morgan fingerprint density at radius 2 is 2.56 bits per heavy atom. The molecule has 1 atom stereocenters. The van der Waals surface area contributed by atoms with Crippen LogP contribution in [0.4, 0.5) is 0 Å². The molecule has 0 bridgehead atoms. The Labute approximate surface area is 53.0 Å². The molecule has 0 aromatic heterocycles. The van der Waals surface area contributed by atoms with E-state index in [9.17, 15) is 0 Å². The number of rotatable bonds is 2. The van der Waals surface area contributed by atoms with Crippen LogP contribution in [-0.4, -0.2) is 18.9 Å². The molecule has 1 aliphatic rings. The predicted octanol–water partition coefficient (Wildman–Crippen LogP) is -0.526. The Balaban J connectivity index is 2.53. The summed E-state index contributed by atoms with van der Waals surface area (Å²) in [5.74, 6) is 0. The molecule has 1 heterocycles. The summed E-state index contributed by atoms with van der Waals surface area (Å²) in [7, 11) is 1.75. The molecule has 0 aromatic rings. The predicted molar refractivity (Wildman–Crippen MR) is 33.6 cm³/mol. The van der Waals surface area contributed by atoms with Gasteiger partial charge in [-0.25, -0.2) is 0 Å². The van der Waals surface area contributed by atoms with Crippen LogP contribution in [0.5, 0.6) is 0 Å². The van der Waals surface area contributed by atoms with E-state index in [1.165, 1.54) is 6.21 Å². The van der Waals surface area contributed by atoms with Gasteiger partial charge in [-0.2, -0.15) is 0 Å². The molecule has 49 valence electrons. The Bertz CT molecular complexity index is 137. The fourth-order valence-corrected chi connectivity index (χ4v) is 0.545. The van der Waals surface area contributed by atoms with E-state index in [1.54, 1.807) is 13.6 Å². The van der Waals surface area contributed by atoms with Crippen molar-refractivity contribution in [2.45, 2.75) is 5.66 Å². The molecule has 1 aliphatic heterocycles. The number of likely N-dealkylation sites (N-methyl/N-ethyl adjacent to an activating group) is 1. The van der Waals surface area contributed by atoms with E-state index in [0.717, 1.165) is 0 Å². The van der Waals surface area contributed by atoms with Crippen LogP contribution in [0.1, 0.15) is 0 Å². The van der Waals surface area contributed by atoms with E-state index in [4.69, 9.17) is 5.73 Å². The first-order valence-electron chi connectivity index (χ1n) is 2.54. The van der Waals surface area contributed by atoms with Crippen molar-refractivity contribution in [1.82, 2.24) is 5.32 Å². The third-order valence-corrected chi connectivity index (χ3v) is 0.910. The van der Waals surface area contributed by atoms with Gasteiger partial charge in [0, 0.05) is 0 Å². The second-order valence-electron chi connectivity index (χ2n) is 1.75. The van der Waals surface area contributed by atoms with Crippen LogP contribution in [0.15, 0.2) is 15.4 Å². The molecule has 0 aromatic carbocycles. The SMILES string of the molecule is CN[CH]C1(N)C=NN=N1. The van der Waals surface area contributed by atoms with Crippen molar-refractivity contribution in [2.75, 3.05) is 7.05 Å². The summed E-state index contributed by atoms with van der Waals surface area (Å²) in [6, 6.07) is 0. The van der Waals surface area contributed by atoms with E-state index < -0.39 is 5.66 Å². The van der Waals surface area contributed by atoms with Crippen LogP contribution >= 0.6 is 0 Å². The minimum absolute atomic E-state index is 0.825. The highest BCUT2D eigenvalue weighted by Gasteiger charge is 2.24. The van der Waals surface area contributed by atoms with Crippen molar-refractivity contribution in [3.8, 4) is 0 Å². The molecule has 0 aliphatic carbocycles. The summed E-state index contributed by atoms with van der Waals surface area (Å²) in [5, 5.41) is 13.2. The molecule has 1 rings (SSSR count). The second-order valence-corrected chi connectivity index (χ2v) is 1.75. The summed E-state index contributed by atoms with van der Waals surface area (Å²) < 4.78 is 0.